The lowest BCUT2D eigenvalue weighted by atomic mass is 10.0. The lowest BCUT2D eigenvalue weighted by molar-refractivity contribution is -0.181. The summed E-state index contributed by atoms with van der Waals surface area (Å²) in [5.41, 5.74) is 1.16. The predicted molar refractivity (Wildman–Crippen MR) is 98.1 cm³/mol. The number of benzene rings is 1. The number of methoxy groups -OCH3 is 1. The minimum absolute atomic E-state index is 0.122. The van der Waals surface area contributed by atoms with Gasteiger partial charge in [-0.2, -0.15) is 0 Å². The van der Waals surface area contributed by atoms with Crippen LogP contribution in [0.5, 0.6) is 5.75 Å². The predicted octanol–water partition coefficient (Wildman–Crippen LogP) is 2.21. The molecule has 27 heavy (non-hydrogen) atoms. The second kappa shape index (κ2) is 7.50. The maximum atomic E-state index is 12.7. The molecule has 8 nitrogen and oxygen atoms in total. The van der Waals surface area contributed by atoms with Gasteiger partial charge in [-0.15, -0.1) is 0 Å². The molecular formula is C19H22N4O4. The quantitative estimate of drug-likeness (QED) is 0.883. The van der Waals surface area contributed by atoms with E-state index in [0.717, 1.165) is 11.4 Å². The first-order chi connectivity index (χ1) is 13.2. The molecule has 4 rings (SSSR count). The van der Waals surface area contributed by atoms with Gasteiger partial charge >= 0.3 is 0 Å². The number of hydrogen-bond donors (Lipinski definition) is 1. The Kier molecular flexibility index (Phi) is 4.91. The lowest BCUT2D eigenvalue weighted by Crippen LogP contribution is -2.47. The fourth-order valence-corrected chi connectivity index (χ4v) is 3.35. The zero-order valence-corrected chi connectivity index (χ0v) is 15.2. The van der Waals surface area contributed by atoms with Crippen molar-refractivity contribution >= 4 is 17.4 Å². The van der Waals surface area contributed by atoms with E-state index in [2.05, 4.69) is 15.3 Å². The monoisotopic (exact) mass is 370 g/mol. The Balaban J connectivity index is 1.37. The first kappa shape index (κ1) is 17.7. The third-order valence-electron chi connectivity index (χ3n) is 4.84. The van der Waals surface area contributed by atoms with Crippen LogP contribution in [0.1, 0.15) is 23.3 Å². The van der Waals surface area contributed by atoms with Crippen LogP contribution in [-0.2, 0) is 9.47 Å². The van der Waals surface area contributed by atoms with Gasteiger partial charge in [0.1, 0.15) is 17.3 Å². The number of aromatic nitrogens is 2. The van der Waals surface area contributed by atoms with Crippen molar-refractivity contribution < 1.29 is 19.0 Å². The van der Waals surface area contributed by atoms with E-state index in [1.807, 2.05) is 24.3 Å². The summed E-state index contributed by atoms with van der Waals surface area (Å²) >= 11 is 0. The Morgan fingerprint density at radius 2 is 1.96 bits per heavy atom. The molecule has 1 N–H and O–H groups in total. The normalized spacial score (nSPS) is 18.5. The Morgan fingerprint density at radius 3 is 2.63 bits per heavy atom. The van der Waals surface area contributed by atoms with Crippen molar-refractivity contribution in [3.8, 4) is 5.75 Å². The third kappa shape index (κ3) is 3.86. The topological polar surface area (TPSA) is 85.8 Å². The molecule has 2 aliphatic heterocycles. The van der Waals surface area contributed by atoms with Gasteiger partial charge in [-0.1, -0.05) is 6.07 Å². The highest BCUT2D eigenvalue weighted by Gasteiger charge is 2.41. The van der Waals surface area contributed by atoms with Crippen molar-refractivity contribution in [2.45, 2.75) is 18.6 Å². The minimum atomic E-state index is -0.493. The maximum absolute atomic E-state index is 12.7. The third-order valence-corrected chi connectivity index (χ3v) is 4.84. The van der Waals surface area contributed by atoms with E-state index in [4.69, 9.17) is 14.2 Å². The number of amides is 1. The summed E-state index contributed by atoms with van der Waals surface area (Å²) in [5, 5.41) is 3.15. The van der Waals surface area contributed by atoms with Gasteiger partial charge in [0.2, 0.25) is 0 Å². The van der Waals surface area contributed by atoms with Crippen molar-refractivity contribution in [3.63, 3.8) is 0 Å². The van der Waals surface area contributed by atoms with Crippen LogP contribution in [0.2, 0.25) is 0 Å². The van der Waals surface area contributed by atoms with Crippen LogP contribution in [-0.4, -0.2) is 60.0 Å². The second-order valence-electron chi connectivity index (χ2n) is 6.54. The molecule has 0 bridgehead atoms. The molecule has 142 valence electrons. The van der Waals surface area contributed by atoms with Gasteiger partial charge in [-0.25, -0.2) is 9.97 Å². The van der Waals surface area contributed by atoms with Crippen molar-refractivity contribution in [1.82, 2.24) is 14.9 Å². The van der Waals surface area contributed by atoms with Crippen LogP contribution in [0, 0.1) is 0 Å². The number of ether oxygens (including phenoxy) is 3. The van der Waals surface area contributed by atoms with E-state index in [1.165, 1.54) is 6.20 Å². The lowest BCUT2D eigenvalue weighted by Gasteiger charge is -2.37. The first-order valence-electron chi connectivity index (χ1n) is 8.98. The molecule has 1 amide bonds. The summed E-state index contributed by atoms with van der Waals surface area (Å²) in [6.45, 7) is 2.43. The number of likely N-dealkylation sites (tertiary alicyclic amines) is 1. The number of hydrogen-bond acceptors (Lipinski definition) is 7. The fourth-order valence-electron chi connectivity index (χ4n) is 3.35. The molecule has 0 atom stereocenters. The van der Waals surface area contributed by atoms with Crippen LogP contribution < -0.4 is 10.1 Å². The molecule has 8 heteroatoms. The van der Waals surface area contributed by atoms with Gasteiger partial charge in [0, 0.05) is 37.7 Å². The van der Waals surface area contributed by atoms with E-state index in [1.54, 1.807) is 18.2 Å². The molecule has 2 fully saturated rings. The summed E-state index contributed by atoms with van der Waals surface area (Å²) in [5.74, 6) is 0.693. The van der Waals surface area contributed by atoms with Gasteiger partial charge in [-0.3, -0.25) is 4.79 Å². The van der Waals surface area contributed by atoms with E-state index >= 15 is 0 Å². The summed E-state index contributed by atoms with van der Waals surface area (Å²) in [7, 11) is 1.62. The molecular weight excluding hydrogens is 348 g/mol. The number of nitrogens with one attached hydrogen (secondary N) is 1. The number of rotatable bonds is 4. The number of nitrogens with zero attached hydrogens (tertiary/aromatic N) is 3. The molecule has 3 heterocycles. The van der Waals surface area contributed by atoms with Gasteiger partial charge in [0.25, 0.3) is 5.91 Å². The molecule has 0 saturated carbocycles. The van der Waals surface area contributed by atoms with Crippen molar-refractivity contribution in [2.24, 2.45) is 0 Å². The first-order valence-corrected chi connectivity index (χ1v) is 8.98. The zero-order chi connectivity index (χ0) is 18.7. The second-order valence-corrected chi connectivity index (χ2v) is 6.54. The summed E-state index contributed by atoms with van der Waals surface area (Å²) in [6, 6.07) is 7.51. The molecule has 0 unspecified atom stereocenters. The van der Waals surface area contributed by atoms with Crippen LogP contribution in [0.25, 0.3) is 0 Å². The Morgan fingerprint density at radius 1 is 1.19 bits per heavy atom. The molecule has 1 aromatic heterocycles. The SMILES string of the molecule is COc1cccc(Nc2cnc(C(=O)N3CCC4(CC3)OCCO4)cn2)c1. The van der Waals surface area contributed by atoms with Gasteiger partial charge in [-0.05, 0) is 12.1 Å². The van der Waals surface area contributed by atoms with Gasteiger partial charge < -0.3 is 24.4 Å². The van der Waals surface area contributed by atoms with Crippen molar-refractivity contribution in [2.75, 3.05) is 38.7 Å². The van der Waals surface area contributed by atoms with Crippen LogP contribution in [0.15, 0.2) is 36.7 Å². The molecule has 0 radical (unpaired) electrons. The fraction of sp³-hybridized carbons (Fsp3) is 0.421. The Bertz CT molecular complexity index is 796. The summed E-state index contributed by atoms with van der Waals surface area (Å²) in [6.07, 6.45) is 4.42. The smallest absolute Gasteiger partial charge is 0.274 e. The molecule has 2 aromatic rings. The summed E-state index contributed by atoms with van der Waals surface area (Å²) < 4.78 is 16.6. The molecule has 0 aliphatic carbocycles. The van der Waals surface area contributed by atoms with Crippen molar-refractivity contribution in [1.29, 1.82) is 0 Å². The average molecular weight is 370 g/mol. The highest BCUT2D eigenvalue weighted by Crippen LogP contribution is 2.31. The number of carbonyl (C=O) groups is 1. The Hall–Kier alpha value is -2.71. The molecule has 1 spiro atoms. The number of piperidine rings is 1. The zero-order valence-electron chi connectivity index (χ0n) is 15.2. The standard InChI is InChI=1S/C19H22N4O4/c1-25-15-4-2-3-14(11-15)22-17-13-20-16(12-21-17)18(24)23-7-5-19(6-8-23)26-9-10-27-19/h2-4,11-13H,5-10H2,1H3,(H,21,22). The molecule has 2 aliphatic rings. The Labute approximate surface area is 157 Å². The minimum Gasteiger partial charge on any atom is -0.497 e. The number of carbonyl (C=O) groups excluding carboxylic acids is 1. The summed E-state index contributed by atoms with van der Waals surface area (Å²) in [4.78, 5) is 23.0. The molecule has 2 saturated heterocycles. The molecule has 1 aromatic carbocycles. The van der Waals surface area contributed by atoms with Crippen LogP contribution in [0.4, 0.5) is 11.5 Å². The van der Waals surface area contributed by atoms with Crippen LogP contribution >= 0.6 is 0 Å². The van der Waals surface area contributed by atoms with Crippen LogP contribution in [0.3, 0.4) is 0 Å². The van der Waals surface area contributed by atoms with Gasteiger partial charge in [0.05, 0.1) is 32.7 Å². The van der Waals surface area contributed by atoms with Gasteiger partial charge in [0.15, 0.2) is 5.79 Å². The van der Waals surface area contributed by atoms with E-state index < -0.39 is 5.79 Å². The van der Waals surface area contributed by atoms with E-state index in [9.17, 15) is 4.79 Å². The van der Waals surface area contributed by atoms with Crippen molar-refractivity contribution in [3.05, 3.63) is 42.4 Å². The maximum Gasteiger partial charge on any atom is 0.274 e. The van der Waals surface area contributed by atoms with E-state index in [0.29, 0.717) is 50.7 Å². The largest absolute Gasteiger partial charge is 0.497 e. The highest BCUT2D eigenvalue weighted by atomic mass is 16.7. The average Bonchev–Trinajstić information content (AvgIpc) is 3.17. The number of anilines is 2. The van der Waals surface area contributed by atoms with E-state index in [-0.39, 0.29) is 5.91 Å². The highest BCUT2D eigenvalue weighted by molar-refractivity contribution is 5.92.